The molecule has 0 spiro atoms. The first-order valence-corrected chi connectivity index (χ1v) is 3.15. The molecule has 0 aliphatic rings. The van der Waals surface area contributed by atoms with Crippen molar-refractivity contribution in [2.24, 2.45) is 5.84 Å². The lowest BCUT2D eigenvalue weighted by Gasteiger charge is -2.03. The Bertz CT molecular complexity index is 312. The van der Waals surface area contributed by atoms with Crippen molar-refractivity contribution in [1.82, 2.24) is 5.43 Å². The molecule has 0 fully saturated rings. The summed E-state index contributed by atoms with van der Waals surface area (Å²) in [6, 6.07) is 2.90. The summed E-state index contributed by atoms with van der Waals surface area (Å²) >= 11 is 0. The molecule has 64 valence electrons. The van der Waals surface area contributed by atoms with Gasteiger partial charge in [-0.3, -0.25) is 5.41 Å². The van der Waals surface area contributed by atoms with Crippen LogP contribution in [0, 0.1) is 17.0 Å². The van der Waals surface area contributed by atoms with Crippen LogP contribution in [0.1, 0.15) is 5.56 Å². The summed E-state index contributed by atoms with van der Waals surface area (Å²) < 4.78 is 25.2. The van der Waals surface area contributed by atoms with Crippen molar-refractivity contribution in [3.05, 3.63) is 35.4 Å². The van der Waals surface area contributed by atoms with E-state index in [0.29, 0.717) is 6.07 Å². The predicted molar refractivity (Wildman–Crippen MR) is 40.5 cm³/mol. The van der Waals surface area contributed by atoms with Gasteiger partial charge in [0.1, 0.15) is 17.5 Å². The molecule has 12 heavy (non-hydrogen) atoms. The van der Waals surface area contributed by atoms with E-state index in [1.54, 1.807) is 0 Å². The van der Waals surface area contributed by atoms with Crippen LogP contribution in [-0.2, 0) is 0 Å². The molecule has 0 amide bonds. The summed E-state index contributed by atoms with van der Waals surface area (Å²) in [5, 5.41) is 7.09. The fourth-order valence-corrected chi connectivity index (χ4v) is 0.770. The van der Waals surface area contributed by atoms with Gasteiger partial charge in [0.25, 0.3) is 0 Å². The molecule has 0 aliphatic carbocycles. The Morgan fingerprint density at radius 1 is 1.42 bits per heavy atom. The molecule has 0 saturated heterocycles. The van der Waals surface area contributed by atoms with Gasteiger partial charge >= 0.3 is 0 Å². The van der Waals surface area contributed by atoms with Crippen LogP contribution >= 0.6 is 0 Å². The highest BCUT2D eigenvalue weighted by Gasteiger charge is 2.06. The number of hydrogen-bond donors (Lipinski definition) is 3. The molecule has 0 saturated carbocycles. The van der Waals surface area contributed by atoms with Gasteiger partial charge in [0.2, 0.25) is 0 Å². The Hall–Kier alpha value is -1.49. The fourth-order valence-electron chi connectivity index (χ4n) is 0.770. The van der Waals surface area contributed by atoms with Crippen molar-refractivity contribution in [3.8, 4) is 0 Å². The number of amidine groups is 1. The molecule has 0 unspecified atom stereocenters. The summed E-state index contributed by atoms with van der Waals surface area (Å²) in [4.78, 5) is 0. The second-order valence-corrected chi connectivity index (χ2v) is 2.14. The average molecular weight is 171 g/mol. The van der Waals surface area contributed by atoms with E-state index < -0.39 is 11.6 Å². The zero-order chi connectivity index (χ0) is 9.14. The molecule has 0 aliphatic heterocycles. The highest BCUT2D eigenvalue weighted by atomic mass is 19.1. The molecule has 1 rings (SSSR count). The monoisotopic (exact) mass is 171 g/mol. The van der Waals surface area contributed by atoms with Crippen molar-refractivity contribution >= 4 is 5.84 Å². The van der Waals surface area contributed by atoms with E-state index >= 15 is 0 Å². The SMILES string of the molecule is N=C(NN)c1ccc(F)cc1F. The van der Waals surface area contributed by atoms with E-state index in [0.717, 1.165) is 12.1 Å². The molecule has 0 atom stereocenters. The summed E-state index contributed by atoms with van der Waals surface area (Å²) in [6.45, 7) is 0. The summed E-state index contributed by atoms with van der Waals surface area (Å²) in [7, 11) is 0. The van der Waals surface area contributed by atoms with Crippen LogP contribution in [0.15, 0.2) is 18.2 Å². The van der Waals surface area contributed by atoms with Crippen molar-refractivity contribution in [1.29, 1.82) is 5.41 Å². The summed E-state index contributed by atoms with van der Waals surface area (Å²) in [6.07, 6.45) is 0. The first-order chi connectivity index (χ1) is 5.65. The third kappa shape index (κ3) is 1.57. The maximum absolute atomic E-state index is 12.8. The molecule has 5 heteroatoms. The Morgan fingerprint density at radius 3 is 2.58 bits per heavy atom. The van der Waals surface area contributed by atoms with Gasteiger partial charge in [-0.25, -0.2) is 14.6 Å². The van der Waals surface area contributed by atoms with Crippen molar-refractivity contribution in [2.75, 3.05) is 0 Å². The molecule has 0 heterocycles. The normalized spacial score (nSPS) is 9.58. The summed E-state index contributed by atoms with van der Waals surface area (Å²) in [5.74, 6) is 3.10. The minimum atomic E-state index is -0.807. The van der Waals surface area contributed by atoms with Gasteiger partial charge in [-0.05, 0) is 12.1 Å². The first kappa shape index (κ1) is 8.61. The van der Waals surface area contributed by atoms with Crippen LogP contribution in [0.3, 0.4) is 0 Å². The Balaban J connectivity index is 3.09. The van der Waals surface area contributed by atoms with Crippen LogP contribution in [0.4, 0.5) is 8.78 Å². The maximum atomic E-state index is 12.8. The van der Waals surface area contributed by atoms with Crippen LogP contribution < -0.4 is 11.3 Å². The zero-order valence-electron chi connectivity index (χ0n) is 6.07. The number of nitrogens with two attached hydrogens (primary N) is 1. The zero-order valence-corrected chi connectivity index (χ0v) is 6.07. The lowest BCUT2D eigenvalue weighted by molar-refractivity contribution is 0.581. The van der Waals surface area contributed by atoms with E-state index in [-0.39, 0.29) is 11.4 Å². The van der Waals surface area contributed by atoms with Gasteiger partial charge in [0, 0.05) is 6.07 Å². The molecular formula is C7H7F2N3. The van der Waals surface area contributed by atoms with Crippen molar-refractivity contribution < 1.29 is 8.78 Å². The van der Waals surface area contributed by atoms with Crippen molar-refractivity contribution in [3.63, 3.8) is 0 Å². The standard InChI is InChI=1S/C7H7F2N3/c8-4-1-2-5(6(9)3-4)7(10)12-11/h1-3H,11H2,(H2,10,12). The quantitative estimate of drug-likeness (QED) is 0.253. The second kappa shape index (κ2) is 3.27. The number of rotatable bonds is 1. The van der Waals surface area contributed by atoms with Crippen LogP contribution in [0.25, 0.3) is 0 Å². The minimum absolute atomic E-state index is 0.0566. The van der Waals surface area contributed by atoms with E-state index in [1.807, 2.05) is 5.43 Å². The average Bonchev–Trinajstić information content (AvgIpc) is 2.03. The Kier molecular flexibility index (Phi) is 2.35. The predicted octanol–water partition coefficient (Wildman–Crippen LogP) is 0.753. The van der Waals surface area contributed by atoms with E-state index in [1.165, 1.54) is 0 Å². The molecule has 1 aromatic rings. The van der Waals surface area contributed by atoms with Gasteiger partial charge in [-0.2, -0.15) is 0 Å². The van der Waals surface area contributed by atoms with Crippen LogP contribution in [0.2, 0.25) is 0 Å². The highest BCUT2D eigenvalue weighted by Crippen LogP contribution is 2.08. The van der Waals surface area contributed by atoms with Gasteiger partial charge in [-0.15, -0.1) is 0 Å². The van der Waals surface area contributed by atoms with Crippen LogP contribution in [0.5, 0.6) is 0 Å². The fraction of sp³-hybridized carbons (Fsp3) is 0. The molecule has 4 N–H and O–H groups in total. The molecule has 0 radical (unpaired) electrons. The number of benzene rings is 1. The lowest BCUT2D eigenvalue weighted by atomic mass is 10.2. The third-order valence-corrected chi connectivity index (χ3v) is 1.34. The van der Waals surface area contributed by atoms with Gasteiger partial charge in [0.05, 0.1) is 5.56 Å². The van der Waals surface area contributed by atoms with E-state index in [2.05, 4.69) is 0 Å². The van der Waals surface area contributed by atoms with Gasteiger partial charge in [0.15, 0.2) is 0 Å². The lowest BCUT2D eigenvalue weighted by Crippen LogP contribution is -2.30. The number of nitrogens with one attached hydrogen (secondary N) is 2. The van der Waals surface area contributed by atoms with E-state index in [4.69, 9.17) is 11.3 Å². The number of hydrogen-bond acceptors (Lipinski definition) is 2. The molecule has 0 aromatic heterocycles. The number of halogens is 2. The number of hydrazine groups is 1. The second-order valence-electron chi connectivity index (χ2n) is 2.14. The smallest absolute Gasteiger partial charge is 0.142 e. The largest absolute Gasteiger partial charge is 0.308 e. The van der Waals surface area contributed by atoms with Crippen molar-refractivity contribution in [2.45, 2.75) is 0 Å². The third-order valence-electron chi connectivity index (χ3n) is 1.34. The molecule has 3 nitrogen and oxygen atoms in total. The maximum Gasteiger partial charge on any atom is 0.142 e. The highest BCUT2D eigenvalue weighted by molar-refractivity contribution is 5.96. The minimum Gasteiger partial charge on any atom is -0.308 e. The molecule has 1 aromatic carbocycles. The molecular weight excluding hydrogens is 164 g/mol. The summed E-state index contributed by atoms with van der Waals surface area (Å²) in [5.41, 5.74) is 1.91. The topological polar surface area (TPSA) is 61.9 Å². The molecule has 0 bridgehead atoms. The van der Waals surface area contributed by atoms with E-state index in [9.17, 15) is 8.78 Å². The first-order valence-electron chi connectivity index (χ1n) is 3.15. The van der Waals surface area contributed by atoms with Gasteiger partial charge < -0.3 is 5.43 Å². The Morgan fingerprint density at radius 2 is 2.08 bits per heavy atom. The Labute approximate surface area is 67.7 Å². The van der Waals surface area contributed by atoms with Gasteiger partial charge in [-0.1, -0.05) is 0 Å². The van der Waals surface area contributed by atoms with Crippen LogP contribution in [-0.4, -0.2) is 5.84 Å².